The zero-order valence-corrected chi connectivity index (χ0v) is 14.6. The van der Waals surface area contributed by atoms with E-state index in [-0.39, 0.29) is 29.5 Å². The molecule has 0 radical (unpaired) electrons. The maximum atomic E-state index is 12.8. The van der Waals surface area contributed by atoms with E-state index in [1.807, 2.05) is 11.0 Å². The molecule has 5 nitrogen and oxygen atoms in total. The molecule has 1 aliphatic heterocycles. The van der Waals surface area contributed by atoms with Crippen molar-refractivity contribution in [2.24, 2.45) is 5.92 Å². The van der Waals surface area contributed by atoms with Crippen LogP contribution in [0.15, 0.2) is 12.1 Å². The summed E-state index contributed by atoms with van der Waals surface area (Å²) in [6.07, 6.45) is 7.89. The Kier molecular flexibility index (Phi) is 4.40. The average Bonchev–Trinajstić information content (AvgIpc) is 3.46. The van der Waals surface area contributed by atoms with Crippen LogP contribution in [0.3, 0.4) is 0 Å². The SMILES string of the molecule is O=C(NC1CCN(C(=O)c2cc3c(cc2O)CCCC3)CC1)C1CC1. The van der Waals surface area contributed by atoms with Gasteiger partial charge in [-0.05, 0) is 74.6 Å². The van der Waals surface area contributed by atoms with Gasteiger partial charge in [-0.1, -0.05) is 0 Å². The number of phenols is 1. The number of hydrogen-bond acceptors (Lipinski definition) is 3. The first-order chi connectivity index (χ1) is 12.1. The van der Waals surface area contributed by atoms with Gasteiger partial charge in [0.2, 0.25) is 5.91 Å². The third kappa shape index (κ3) is 3.51. The van der Waals surface area contributed by atoms with Crippen molar-refractivity contribution in [1.82, 2.24) is 10.2 Å². The maximum Gasteiger partial charge on any atom is 0.257 e. The molecule has 2 aliphatic carbocycles. The van der Waals surface area contributed by atoms with Crippen LogP contribution in [0.2, 0.25) is 0 Å². The van der Waals surface area contributed by atoms with Crippen LogP contribution in [0.1, 0.15) is 60.0 Å². The molecule has 5 heteroatoms. The molecule has 4 rings (SSSR count). The van der Waals surface area contributed by atoms with Crippen molar-refractivity contribution < 1.29 is 14.7 Å². The summed E-state index contributed by atoms with van der Waals surface area (Å²) in [5.41, 5.74) is 2.82. The van der Waals surface area contributed by atoms with Gasteiger partial charge < -0.3 is 15.3 Å². The van der Waals surface area contributed by atoms with E-state index in [2.05, 4.69) is 5.32 Å². The van der Waals surface area contributed by atoms with Gasteiger partial charge in [0.25, 0.3) is 5.91 Å². The lowest BCUT2D eigenvalue weighted by atomic mass is 9.89. The van der Waals surface area contributed by atoms with Crippen LogP contribution in [-0.4, -0.2) is 41.0 Å². The van der Waals surface area contributed by atoms with Crippen molar-refractivity contribution >= 4 is 11.8 Å². The smallest absolute Gasteiger partial charge is 0.257 e. The predicted molar refractivity (Wildman–Crippen MR) is 94.5 cm³/mol. The third-order valence-electron chi connectivity index (χ3n) is 5.77. The fourth-order valence-electron chi connectivity index (χ4n) is 4.01. The maximum absolute atomic E-state index is 12.8. The largest absolute Gasteiger partial charge is 0.507 e. The normalized spacial score (nSPS) is 20.9. The minimum Gasteiger partial charge on any atom is -0.507 e. The summed E-state index contributed by atoms with van der Waals surface area (Å²) in [5, 5.41) is 13.4. The standard InChI is InChI=1S/C20H26N2O3/c23-18-12-15-4-2-1-3-14(15)11-17(18)20(25)22-9-7-16(8-10-22)21-19(24)13-5-6-13/h11-13,16,23H,1-10H2,(H,21,24). The van der Waals surface area contributed by atoms with Gasteiger partial charge in [0.15, 0.2) is 0 Å². The van der Waals surface area contributed by atoms with E-state index in [1.165, 1.54) is 11.1 Å². The Morgan fingerprint density at radius 3 is 2.28 bits per heavy atom. The van der Waals surface area contributed by atoms with Gasteiger partial charge >= 0.3 is 0 Å². The van der Waals surface area contributed by atoms with Crippen LogP contribution < -0.4 is 5.32 Å². The second-order valence-electron chi connectivity index (χ2n) is 7.69. The highest BCUT2D eigenvalue weighted by Crippen LogP contribution is 2.31. The zero-order chi connectivity index (χ0) is 17.4. The number of likely N-dealkylation sites (tertiary alicyclic amines) is 1. The Balaban J connectivity index is 1.39. The minimum atomic E-state index is -0.0853. The summed E-state index contributed by atoms with van der Waals surface area (Å²) in [6, 6.07) is 3.85. The molecule has 2 amide bonds. The second kappa shape index (κ2) is 6.70. The molecule has 2 fully saturated rings. The fraction of sp³-hybridized carbons (Fsp3) is 0.600. The monoisotopic (exact) mass is 342 g/mol. The Bertz CT molecular complexity index is 688. The van der Waals surface area contributed by atoms with Gasteiger partial charge in [0.1, 0.15) is 5.75 Å². The fourth-order valence-corrected chi connectivity index (χ4v) is 4.01. The molecule has 25 heavy (non-hydrogen) atoms. The number of aromatic hydroxyl groups is 1. The van der Waals surface area contributed by atoms with Gasteiger partial charge in [-0.25, -0.2) is 0 Å². The van der Waals surface area contributed by atoms with Crippen molar-refractivity contribution in [2.75, 3.05) is 13.1 Å². The highest BCUT2D eigenvalue weighted by Gasteiger charge is 2.32. The molecule has 134 valence electrons. The highest BCUT2D eigenvalue weighted by atomic mass is 16.3. The van der Waals surface area contributed by atoms with E-state index in [9.17, 15) is 14.7 Å². The molecule has 1 heterocycles. The molecule has 0 aromatic heterocycles. The lowest BCUT2D eigenvalue weighted by molar-refractivity contribution is -0.123. The van der Waals surface area contributed by atoms with Crippen molar-refractivity contribution in [2.45, 2.75) is 57.4 Å². The number of fused-ring (bicyclic) bond motifs is 1. The first-order valence-corrected chi connectivity index (χ1v) is 9.56. The summed E-state index contributed by atoms with van der Waals surface area (Å²) in [5.74, 6) is 0.428. The molecule has 1 saturated carbocycles. The number of rotatable bonds is 3. The van der Waals surface area contributed by atoms with Crippen LogP contribution in [0, 0.1) is 5.92 Å². The molecular formula is C20H26N2O3. The van der Waals surface area contributed by atoms with Crippen molar-refractivity contribution in [3.05, 3.63) is 28.8 Å². The second-order valence-corrected chi connectivity index (χ2v) is 7.69. The average molecular weight is 342 g/mol. The Morgan fingerprint density at radius 1 is 1.00 bits per heavy atom. The number of carbonyl (C=O) groups is 2. The number of aryl methyl sites for hydroxylation is 2. The molecule has 1 saturated heterocycles. The van der Waals surface area contributed by atoms with Crippen LogP contribution >= 0.6 is 0 Å². The summed E-state index contributed by atoms with van der Waals surface area (Å²) in [7, 11) is 0. The van der Waals surface area contributed by atoms with Crippen LogP contribution in [0.25, 0.3) is 0 Å². The third-order valence-corrected chi connectivity index (χ3v) is 5.77. The topological polar surface area (TPSA) is 69.6 Å². The van der Waals surface area contributed by atoms with E-state index in [4.69, 9.17) is 0 Å². The highest BCUT2D eigenvalue weighted by molar-refractivity contribution is 5.97. The lowest BCUT2D eigenvalue weighted by Gasteiger charge is -2.33. The van der Waals surface area contributed by atoms with Gasteiger partial charge in [-0.2, -0.15) is 0 Å². The number of amides is 2. The van der Waals surface area contributed by atoms with Gasteiger partial charge in [0, 0.05) is 25.0 Å². The van der Waals surface area contributed by atoms with Gasteiger partial charge in [-0.15, -0.1) is 0 Å². The quantitative estimate of drug-likeness (QED) is 0.886. The predicted octanol–water partition coefficient (Wildman–Crippen LogP) is 2.40. The minimum absolute atomic E-state index is 0.0853. The number of benzene rings is 1. The molecule has 1 aromatic rings. The molecule has 1 aromatic carbocycles. The summed E-state index contributed by atoms with van der Waals surface area (Å²) in [4.78, 5) is 26.5. The first-order valence-electron chi connectivity index (χ1n) is 9.56. The number of piperidine rings is 1. The van der Waals surface area contributed by atoms with E-state index < -0.39 is 0 Å². The van der Waals surface area contributed by atoms with Crippen molar-refractivity contribution in [3.63, 3.8) is 0 Å². The molecule has 0 spiro atoms. The number of hydrogen-bond donors (Lipinski definition) is 2. The Labute approximate surface area is 148 Å². The molecule has 2 N–H and O–H groups in total. The van der Waals surface area contributed by atoms with Gasteiger partial charge in [-0.3, -0.25) is 9.59 Å². The molecule has 0 bridgehead atoms. The van der Waals surface area contributed by atoms with Crippen LogP contribution in [0.4, 0.5) is 0 Å². The number of nitrogens with zero attached hydrogens (tertiary/aromatic N) is 1. The van der Waals surface area contributed by atoms with E-state index in [1.54, 1.807) is 6.07 Å². The number of carbonyl (C=O) groups excluding carboxylic acids is 2. The lowest BCUT2D eigenvalue weighted by Crippen LogP contribution is -2.47. The van der Waals surface area contributed by atoms with Crippen LogP contribution in [0.5, 0.6) is 5.75 Å². The summed E-state index contributed by atoms with van der Waals surface area (Å²) < 4.78 is 0. The number of nitrogens with one attached hydrogen (secondary N) is 1. The molecule has 0 unspecified atom stereocenters. The first kappa shape index (κ1) is 16.4. The number of phenolic OH excluding ortho intramolecular Hbond substituents is 1. The molecule has 3 aliphatic rings. The van der Waals surface area contributed by atoms with E-state index in [0.717, 1.165) is 51.4 Å². The molecule has 0 atom stereocenters. The van der Waals surface area contributed by atoms with Crippen molar-refractivity contribution in [3.8, 4) is 5.75 Å². The Hall–Kier alpha value is -2.04. The molecular weight excluding hydrogens is 316 g/mol. The van der Waals surface area contributed by atoms with E-state index >= 15 is 0 Å². The van der Waals surface area contributed by atoms with Crippen molar-refractivity contribution in [1.29, 1.82) is 0 Å². The zero-order valence-electron chi connectivity index (χ0n) is 14.6. The van der Waals surface area contributed by atoms with Gasteiger partial charge in [0.05, 0.1) is 5.56 Å². The summed E-state index contributed by atoms with van der Waals surface area (Å²) >= 11 is 0. The Morgan fingerprint density at radius 2 is 1.64 bits per heavy atom. The van der Waals surface area contributed by atoms with Crippen LogP contribution in [-0.2, 0) is 17.6 Å². The summed E-state index contributed by atoms with van der Waals surface area (Å²) in [6.45, 7) is 1.26. The van der Waals surface area contributed by atoms with E-state index in [0.29, 0.717) is 18.7 Å².